The van der Waals surface area contributed by atoms with Crippen LogP contribution in [0.3, 0.4) is 0 Å². The first-order valence-corrected chi connectivity index (χ1v) is 3.40. The van der Waals surface area contributed by atoms with Crippen LogP contribution < -0.4 is 11.5 Å². The molecule has 0 saturated heterocycles. The van der Waals surface area contributed by atoms with Crippen molar-refractivity contribution in [2.75, 3.05) is 0 Å². The molecule has 1 aromatic carbocycles. The minimum atomic E-state index is -0.0687. The van der Waals surface area contributed by atoms with Crippen LogP contribution >= 0.6 is 24.8 Å². The Labute approximate surface area is 94.5 Å². The summed E-state index contributed by atoms with van der Waals surface area (Å²) in [7, 11) is 0. The van der Waals surface area contributed by atoms with Gasteiger partial charge in [-0.25, -0.2) is 0 Å². The molecule has 14 heavy (non-hydrogen) atoms. The van der Waals surface area contributed by atoms with Crippen LogP contribution in [-0.4, -0.2) is 11.7 Å². The molecule has 0 unspecified atom stereocenters. The van der Waals surface area contributed by atoms with E-state index in [4.69, 9.17) is 22.3 Å². The summed E-state index contributed by atoms with van der Waals surface area (Å²) in [6.45, 7) is 0. The number of halogens is 2. The molecule has 0 spiro atoms. The van der Waals surface area contributed by atoms with Gasteiger partial charge in [-0.1, -0.05) is 24.3 Å². The van der Waals surface area contributed by atoms with E-state index in [1.165, 1.54) is 0 Å². The second-order valence-corrected chi connectivity index (χ2v) is 2.37. The summed E-state index contributed by atoms with van der Waals surface area (Å²) in [5.41, 5.74) is 11.6. The van der Waals surface area contributed by atoms with Crippen molar-refractivity contribution in [1.29, 1.82) is 10.8 Å². The van der Waals surface area contributed by atoms with Crippen molar-refractivity contribution >= 4 is 36.5 Å². The van der Waals surface area contributed by atoms with Gasteiger partial charge in [0.25, 0.3) is 0 Å². The maximum Gasteiger partial charge on any atom is 0.123 e. The van der Waals surface area contributed by atoms with Crippen LogP contribution in [0.15, 0.2) is 24.3 Å². The Morgan fingerprint density at radius 2 is 1.14 bits per heavy atom. The molecule has 1 rings (SSSR count). The lowest BCUT2D eigenvalue weighted by molar-refractivity contribution is 1.38. The second-order valence-electron chi connectivity index (χ2n) is 2.37. The Morgan fingerprint density at radius 1 is 0.857 bits per heavy atom. The molecular weight excluding hydrogens is 223 g/mol. The number of amidine groups is 2. The second kappa shape index (κ2) is 6.23. The molecule has 0 aliphatic rings. The first-order chi connectivity index (χ1) is 5.63. The summed E-state index contributed by atoms with van der Waals surface area (Å²) >= 11 is 0. The average molecular weight is 235 g/mol. The van der Waals surface area contributed by atoms with E-state index in [0.29, 0.717) is 11.1 Å². The Bertz CT molecular complexity index is 305. The molecular formula is C8H12Cl2N4. The number of hydrogen-bond acceptors (Lipinski definition) is 2. The fourth-order valence-corrected chi connectivity index (χ4v) is 0.953. The summed E-state index contributed by atoms with van der Waals surface area (Å²) in [5.74, 6) is -0.137. The number of nitrogens with two attached hydrogens (primary N) is 2. The molecule has 0 amide bonds. The Kier molecular flexibility index (Phi) is 6.78. The molecule has 78 valence electrons. The van der Waals surface area contributed by atoms with E-state index in [0.717, 1.165) is 0 Å². The van der Waals surface area contributed by atoms with Crippen molar-refractivity contribution in [3.63, 3.8) is 0 Å². The predicted octanol–water partition coefficient (Wildman–Crippen LogP) is 1.10. The molecule has 0 aromatic heterocycles. The van der Waals surface area contributed by atoms with Crippen molar-refractivity contribution in [1.82, 2.24) is 0 Å². The topological polar surface area (TPSA) is 99.7 Å². The highest BCUT2D eigenvalue weighted by molar-refractivity contribution is 6.07. The van der Waals surface area contributed by atoms with E-state index in [1.807, 2.05) is 0 Å². The molecule has 0 atom stereocenters. The number of rotatable bonds is 2. The standard InChI is InChI=1S/C8H10N4.2ClH/c9-7(10)5-3-1-2-4-6(5)8(11)12;;/h1-4H,(H3,9,10)(H3,11,12);2*1H. The van der Waals surface area contributed by atoms with Crippen molar-refractivity contribution in [3.05, 3.63) is 35.4 Å². The largest absolute Gasteiger partial charge is 0.384 e. The zero-order valence-corrected chi connectivity index (χ0v) is 8.91. The Balaban J connectivity index is 0. The zero-order valence-electron chi connectivity index (χ0n) is 7.28. The van der Waals surface area contributed by atoms with Crippen LogP contribution in [0.1, 0.15) is 11.1 Å². The Hall–Kier alpha value is -1.26. The highest BCUT2D eigenvalue weighted by atomic mass is 35.5. The van der Waals surface area contributed by atoms with Crippen LogP contribution in [0.2, 0.25) is 0 Å². The van der Waals surface area contributed by atoms with Gasteiger partial charge in [0.1, 0.15) is 11.7 Å². The summed E-state index contributed by atoms with van der Waals surface area (Å²) < 4.78 is 0. The van der Waals surface area contributed by atoms with Gasteiger partial charge in [0, 0.05) is 11.1 Å². The van der Waals surface area contributed by atoms with E-state index in [1.54, 1.807) is 24.3 Å². The highest BCUT2D eigenvalue weighted by Crippen LogP contribution is 2.06. The predicted molar refractivity (Wildman–Crippen MR) is 63.0 cm³/mol. The molecule has 0 aliphatic carbocycles. The van der Waals surface area contributed by atoms with E-state index in [-0.39, 0.29) is 36.5 Å². The van der Waals surface area contributed by atoms with Crippen LogP contribution in [0, 0.1) is 10.8 Å². The summed E-state index contributed by atoms with van der Waals surface area (Å²) in [6.07, 6.45) is 0. The quantitative estimate of drug-likeness (QED) is 0.455. The van der Waals surface area contributed by atoms with Gasteiger partial charge in [-0.3, -0.25) is 10.8 Å². The lowest BCUT2D eigenvalue weighted by Gasteiger charge is -2.04. The van der Waals surface area contributed by atoms with Gasteiger partial charge in [-0.2, -0.15) is 0 Å². The smallest absolute Gasteiger partial charge is 0.123 e. The monoisotopic (exact) mass is 234 g/mol. The molecule has 4 nitrogen and oxygen atoms in total. The third kappa shape index (κ3) is 3.24. The van der Waals surface area contributed by atoms with Crippen LogP contribution in [-0.2, 0) is 0 Å². The van der Waals surface area contributed by atoms with Gasteiger partial charge in [0.15, 0.2) is 0 Å². The number of nitrogen functional groups attached to an aromatic ring is 2. The molecule has 0 bridgehead atoms. The first kappa shape index (κ1) is 15.2. The zero-order chi connectivity index (χ0) is 9.14. The molecule has 0 heterocycles. The van der Waals surface area contributed by atoms with Gasteiger partial charge < -0.3 is 11.5 Å². The van der Waals surface area contributed by atoms with Crippen LogP contribution in [0.5, 0.6) is 0 Å². The first-order valence-electron chi connectivity index (χ1n) is 3.40. The minimum Gasteiger partial charge on any atom is -0.384 e. The minimum absolute atomic E-state index is 0. The van der Waals surface area contributed by atoms with Crippen LogP contribution in [0.4, 0.5) is 0 Å². The van der Waals surface area contributed by atoms with Crippen molar-refractivity contribution in [2.24, 2.45) is 11.5 Å². The molecule has 0 radical (unpaired) electrons. The summed E-state index contributed by atoms with van der Waals surface area (Å²) in [4.78, 5) is 0. The summed E-state index contributed by atoms with van der Waals surface area (Å²) in [6, 6.07) is 6.84. The molecule has 0 aliphatic heterocycles. The van der Waals surface area contributed by atoms with Crippen molar-refractivity contribution < 1.29 is 0 Å². The lowest BCUT2D eigenvalue weighted by Crippen LogP contribution is -2.20. The molecule has 6 heteroatoms. The molecule has 6 N–H and O–H groups in total. The average Bonchev–Trinajstić information content (AvgIpc) is 2.04. The van der Waals surface area contributed by atoms with Gasteiger partial charge >= 0.3 is 0 Å². The van der Waals surface area contributed by atoms with Gasteiger partial charge in [-0.15, -0.1) is 24.8 Å². The van der Waals surface area contributed by atoms with Gasteiger partial charge in [-0.05, 0) is 0 Å². The van der Waals surface area contributed by atoms with E-state index >= 15 is 0 Å². The van der Waals surface area contributed by atoms with Crippen molar-refractivity contribution in [2.45, 2.75) is 0 Å². The fourth-order valence-electron chi connectivity index (χ4n) is 0.953. The Morgan fingerprint density at radius 3 is 1.36 bits per heavy atom. The maximum absolute atomic E-state index is 7.20. The third-order valence-corrected chi connectivity index (χ3v) is 1.51. The SMILES string of the molecule is Cl.Cl.N=C(N)c1ccccc1C(=N)N. The van der Waals surface area contributed by atoms with E-state index < -0.39 is 0 Å². The maximum atomic E-state index is 7.20. The number of benzene rings is 1. The van der Waals surface area contributed by atoms with Crippen LogP contribution in [0.25, 0.3) is 0 Å². The number of hydrogen-bond donors (Lipinski definition) is 4. The van der Waals surface area contributed by atoms with Gasteiger partial charge in [0.05, 0.1) is 0 Å². The molecule has 1 aromatic rings. The van der Waals surface area contributed by atoms with Gasteiger partial charge in [0.2, 0.25) is 0 Å². The van der Waals surface area contributed by atoms with Crippen molar-refractivity contribution in [3.8, 4) is 0 Å². The molecule has 0 saturated carbocycles. The number of nitrogens with one attached hydrogen (secondary N) is 2. The van der Waals surface area contributed by atoms with E-state index in [9.17, 15) is 0 Å². The fraction of sp³-hybridized carbons (Fsp3) is 0. The van der Waals surface area contributed by atoms with E-state index in [2.05, 4.69) is 0 Å². The summed E-state index contributed by atoms with van der Waals surface area (Å²) in [5, 5.41) is 14.4. The molecule has 0 fully saturated rings. The highest BCUT2D eigenvalue weighted by Gasteiger charge is 2.05. The lowest BCUT2D eigenvalue weighted by atomic mass is 10.1. The normalized spacial score (nSPS) is 8.00. The third-order valence-electron chi connectivity index (χ3n) is 1.51.